The molecule has 1 amide bonds. The lowest BCUT2D eigenvalue weighted by Crippen LogP contribution is -2.53. The number of rotatable bonds is 4. The van der Waals surface area contributed by atoms with E-state index in [0.29, 0.717) is 17.9 Å². The number of carbonyl (C=O) groups excluding carboxylic acids is 1. The van der Waals surface area contributed by atoms with Gasteiger partial charge in [0.25, 0.3) is 0 Å². The van der Waals surface area contributed by atoms with Crippen molar-refractivity contribution in [3.63, 3.8) is 0 Å². The third kappa shape index (κ3) is 3.69. The summed E-state index contributed by atoms with van der Waals surface area (Å²) in [5.74, 6) is 1.43. The monoisotopic (exact) mass is 267 g/mol. The second-order valence-electron chi connectivity index (χ2n) is 6.42. The second-order valence-corrected chi connectivity index (χ2v) is 6.42. The zero-order valence-corrected chi connectivity index (χ0v) is 12.4. The topological polar surface area (TPSA) is 58.4 Å². The minimum absolute atomic E-state index is 0.0119. The lowest BCUT2D eigenvalue weighted by atomic mass is 9.86. The smallest absolute Gasteiger partial charge is 0.237 e. The van der Waals surface area contributed by atoms with E-state index in [1.165, 1.54) is 12.8 Å². The van der Waals surface area contributed by atoms with Crippen LogP contribution in [-0.2, 0) is 4.79 Å². The summed E-state index contributed by atoms with van der Waals surface area (Å²) in [6.07, 6.45) is 5.98. The highest BCUT2D eigenvalue weighted by Crippen LogP contribution is 2.24. The van der Waals surface area contributed by atoms with Crippen LogP contribution in [0.4, 0.5) is 0 Å². The minimum atomic E-state index is -0.0119. The third-order valence-electron chi connectivity index (χ3n) is 5.08. The number of hydrogen-bond donors (Lipinski definition) is 2. The van der Waals surface area contributed by atoms with E-state index in [1.54, 1.807) is 0 Å². The predicted molar refractivity (Wildman–Crippen MR) is 77.8 cm³/mol. The van der Waals surface area contributed by atoms with Gasteiger partial charge < -0.3 is 11.1 Å². The molecule has 0 aromatic rings. The fourth-order valence-corrected chi connectivity index (χ4v) is 3.39. The molecule has 3 atom stereocenters. The standard InChI is InChI=1S/C15H29N3O/c1-11-7-8-18(10-13(11)9-16)12(2)15(19)17-14-5-3-4-6-14/h11-14H,3-10,16H2,1-2H3,(H,17,19). The van der Waals surface area contributed by atoms with E-state index in [4.69, 9.17) is 5.73 Å². The van der Waals surface area contributed by atoms with Crippen molar-refractivity contribution in [2.45, 2.75) is 58.0 Å². The van der Waals surface area contributed by atoms with Gasteiger partial charge in [0, 0.05) is 12.6 Å². The minimum Gasteiger partial charge on any atom is -0.352 e. The molecule has 2 rings (SSSR count). The zero-order valence-electron chi connectivity index (χ0n) is 12.4. The SMILES string of the molecule is CC1CCN(C(C)C(=O)NC2CCCC2)CC1CN. The summed E-state index contributed by atoms with van der Waals surface area (Å²) in [4.78, 5) is 14.6. The molecule has 19 heavy (non-hydrogen) atoms. The second kappa shape index (κ2) is 6.71. The van der Waals surface area contributed by atoms with Crippen molar-refractivity contribution in [2.75, 3.05) is 19.6 Å². The molecule has 1 heterocycles. The van der Waals surface area contributed by atoms with E-state index in [0.717, 1.165) is 38.9 Å². The summed E-state index contributed by atoms with van der Waals surface area (Å²) >= 11 is 0. The first-order chi connectivity index (χ1) is 9.11. The first kappa shape index (κ1) is 14.8. The number of piperidine rings is 1. The van der Waals surface area contributed by atoms with Gasteiger partial charge in [0.05, 0.1) is 6.04 Å². The Hall–Kier alpha value is -0.610. The predicted octanol–water partition coefficient (Wildman–Crippen LogP) is 1.35. The van der Waals surface area contributed by atoms with Crippen molar-refractivity contribution in [1.82, 2.24) is 10.2 Å². The number of amides is 1. The van der Waals surface area contributed by atoms with E-state index in [-0.39, 0.29) is 11.9 Å². The molecule has 0 bridgehead atoms. The molecule has 2 aliphatic rings. The highest BCUT2D eigenvalue weighted by Gasteiger charge is 2.31. The lowest BCUT2D eigenvalue weighted by Gasteiger charge is -2.39. The first-order valence-electron chi connectivity index (χ1n) is 7.86. The van der Waals surface area contributed by atoms with Crippen LogP contribution in [0.25, 0.3) is 0 Å². The van der Waals surface area contributed by atoms with Gasteiger partial charge in [0.15, 0.2) is 0 Å². The van der Waals surface area contributed by atoms with Crippen LogP contribution in [0.3, 0.4) is 0 Å². The molecule has 0 radical (unpaired) electrons. The maximum atomic E-state index is 12.3. The van der Waals surface area contributed by atoms with Gasteiger partial charge in [-0.05, 0) is 51.1 Å². The lowest BCUT2D eigenvalue weighted by molar-refractivity contribution is -0.127. The van der Waals surface area contributed by atoms with Crippen molar-refractivity contribution in [2.24, 2.45) is 17.6 Å². The first-order valence-corrected chi connectivity index (χ1v) is 7.86. The van der Waals surface area contributed by atoms with Gasteiger partial charge in [-0.1, -0.05) is 19.8 Å². The Kier molecular flexibility index (Phi) is 5.22. The molecule has 3 unspecified atom stereocenters. The van der Waals surface area contributed by atoms with Crippen LogP contribution >= 0.6 is 0 Å². The van der Waals surface area contributed by atoms with Gasteiger partial charge in [-0.25, -0.2) is 0 Å². The zero-order chi connectivity index (χ0) is 13.8. The van der Waals surface area contributed by atoms with Gasteiger partial charge in [-0.2, -0.15) is 0 Å². The van der Waals surface area contributed by atoms with Crippen molar-refractivity contribution < 1.29 is 4.79 Å². The summed E-state index contributed by atoms with van der Waals surface area (Å²) in [5, 5.41) is 3.21. The molecule has 4 nitrogen and oxygen atoms in total. The summed E-state index contributed by atoms with van der Waals surface area (Å²) < 4.78 is 0. The van der Waals surface area contributed by atoms with Crippen LogP contribution < -0.4 is 11.1 Å². The van der Waals surface area contributed by atoms with Gasteiger partial charge in [-0.3, -0.25) is 9.69 Å². The van der Waals surface area contributed by atoms with E-state index in [1.807, 2.05) is 6.92 Å². The summed E-state index contributed by atoms with van der Waals surface area (Å²) in [6.45, 7) is 7.04. The van der Waals surface area contributed by atoms with Crippen molar-refractivity contribution in [3.8, 4) is 0 Å². The number of nitrogens with one attached hydrogen (secondary N) is 1. The maximum absolute atomic E-state index is 12.3. The average Bonchev–Trinajstić information content (AvgIpc) is 2.91. The number of likely N-dealkylation sites (tertiary alicyclic amines) is 1. The molecule has 0 aromatic carbocycles. The largest absolute Gasteiger partial charge is 0.352 e. The van der Waals surface area contributed by atoms with E-state index in [9.17, 15) is 4.79 Å². The normalized spacial score (nSPS) is 31.3. The summed E-state index contributed by atoms with van der Waals surface area (Å²) in [7, 11) is 0. The van der Waals surface area contributed by atoms with Gasteiger partial charge >= 0.3 is 0 Å². The molecule has 1 aliphatic carbocycles. The molecular formula is C15H29N3O. The quantitative estimate of drug-likeness (QED) is 0.808. The molecular weight excluding hydrogens is 238 g/mol. The van der Waals surface area contributed by atoms with E-state index < -0.39 is 0 Å². The highest BCUT2D eigenvalue weighted by atomic mass is 16.2. The van der Waals surface area contributed by atoms with Crippen molar-refractivity contribution >= 4 is 5.91 Å². The fraction of sp³-hybridized carbons (Fsp3) is 0.933. The molecule has 1 aliphatic heterocycles. The van der Waals surface area contributed by atoms with Gasteiger partial charge in [-0.15, -0.1) is 0 Å². The summed E-state index contributed by atoms with van der Waals surface area (Å²) in [6, 6.07) is 0.408. The fourth-order valence-electron chi connectivity index (χ4n) is 3.39. The number of nitrogens with two attached hydrogens (primary N) is 1. The van der Waals surface area contributed by atoms with Crippen LogP contribution in [0.1, 0.15) is 46.0 Å². The Morgan fingerprint density at radius 3 is 2.68 bits per heavy atom. The van der Waals surface area contributed by atoms with Crippen LogP contribution in [0, 0.1) is 11.8 Å². The molecule has 2 fully saturated rings. The van der Waals surface area contributed by atoms with E-state index in [2.05, 4.69) is 17.1 Å². The maximum Gasteiger partial charge on any atom is 0.237 e. The highest BCUT2D eigenvalue weighted by molar-refractivity contribution is 5.81. The molecule has 1 saturated carbocycles. The van der Waals surface area contributed by atoms with Gasteiger partial charge in [0.1, 0.15) is 0 Å². The van der Waals surface area contributed by atoms with Crippen LogP contribution in [0.5, 0.6) is 0 Å². The average molecular weight is 267 g/mol. The molecule has 3 N–H and O–H groups in total. The number of nitrogens with zero attached hydrogens (tertiary/aromatic N) is 1. The number of hydrogen-bond acceptors (Lipinski definition) is 3. The summed E-state index contributed by atoms with van der Waals surface area (Å²) in [5.41, 5.74) is 5.84. The van der Waals surface area contributed by atoms with Crippen LogP contribution in [0.15, 0.2) is 0 Å². The van der Waals surface area contributed by atoms with Crippen molar-refractivity contribution in [1.29, 1.82) is 0 Å². The molecule has 4 heteroatoms. The number of carbonyl (C=O) groups is 1. The molecule has 110 valence electrons. The Morgan fingerprint density at radius 2 is 2.05 bits per heavy atom. The van der Waals surface area contributed by atoms with Gasteiger partial charge in [0.2, 0.25) is 5.91 Å². The third-order valence-corrected chi connectivity index (χ3v) is 5.08. The Labute approximate surface area is 117 Å². The molecule has 1 saturated heterocycles. The molecule has 0 aromatic heterocycles. The Bertz CT molecular complexity index is 302. The Balaban J connectivity index is 1.84. The van der Waals surface area contributed by atoms with Crippen LogP contribution in [-0.4, -0.2) is 42.5 Å². The Morgan fingerprint density at radius 1 is 1.37 bits per heavy atom. The van der Waals surface area contributed by atoms with Crippen LogP contribution in [0.2, 0.25) is 0 Å². The van der Waals surface area contributed by atoms with E-state index >= 15 is 0 Å². The van der Waals surface area contributed by atoms with Crippen molar-refractivity contribution in [3.05, 3.63) is 0 Å². The molecule has 0 spiro atoms.